The van der Waals surface area contributed by atoms with Crippen molar-refractivity contribution in [1.29, 1.82) is 10.8 Å². The number of quaternary nitrogens is 1. The Hall–Kier alpha value is -2.83. The number of halogens is 3. The van der Waals surface area contributed by atoms with Crippen LogP contribution in [-0.4, -0.2) is 23.7 Å². The molecule has 0 saturated carbocycles. The molecule has 4 N–H and O–H groups in total. The largest absolute Gasteiger partial charge is 0.416 e. The van der Waals surface area contributed by atoms with Crippen molar-refractivity contribution in [3.05, 3.63) is 41.1 Å². The van der Waals surface area contributed by atoms with Crippen LogP contribution >= 0.6 is 0 Å². The average Bonchev–Trinajstić information content (AvgIpc) is 2.64. The van der Waals surface area contributed by atoms with Crippen LogP contribution in [0.2, 0.25) is 0 Å². The topological polar surface area (TPSA) is 110 Å². The molecule has 0 aliphatic carbocycles. The highest BCUT2D eigenvalue weighted by atomic mass is 19.4. The molecule has 0 bridgehead atoms. The van der Waals surface area contributed by atoms with Crippen LogP contribution in [0.5, 0.6) is 0 Å². The normalized spacial score (nSPS) is 11.2. The van der Waals surface area contributed by atoms with E-state index in [2.05, 4.69) is 10.1 Å². The summed E-state index contributed by atoms with van der Waals surface area (Å²) in [7, 11) is 1.67. The molecule has 9 heteroatoms. The lowest BCUT2D eigenvalue weighted by molar-refractivity contribution is -0.538. The van der Waals surface area contributed by atoms with E-state index in [1.165, 1.54) is 18.2 Å². The number of aliphatic hydroxyl groups is 1. The molecule has 0 atom stereocenters. The van der Waals surface area contributed by atoms with E-state index in [1.54, 1.807) is 12.4 Å². The van der Waals surface area contributed by atoms with Gasteiger partial charge in [0.05, 0.1) is 18.3 Å². The van der Waals surface area contributed by atoms with Gasteiger partial charge in [0.1, 0.15) is 6.07 Å². The van der Waals surface area contributed by atoms with Crippen molar-refractivity contribution in [3.63, 3.8) is 0 Å². The second-order valence-corrected chi connectivity index (χ2v) is 5.50. The van der Waals surface area contributed by atoms with Gasteiger partial charge >= 0.3 is 6.18 Å². The third kappa shape index (κ3) is 4.04. The standard InChI is InChI=1S/C17H16F3N5O/c1-23-14-8-13(24-15(9-21)16(14)25-22)11-5-4-10(3-2-6-26)12(7-11)17(18,19)20/h4-5,7-8,22,26H,2-3,6H2,1H3,(H,23,24)/p+1. The fraction of sp³-hybridized carbons (Fsp3) is 0.294. The SMILES string of the molecule is C[NH2+]c1cc(-c2ccc(CCCO)c(C(F)(F)F)c2)nc(C#N)c1N=N. The van der Waals surface area contributed by atoms with Crippen molar-refractivity contribution in [2.75, 3.05) is 13.7 Å². The van der Waals surface area contributed by atoms with Gasteiger partial charge in [0, 0.05) is 18.2 Å². The number of nitrogens with zero attached hydrogens (tertiary/aromatic N) is 3. The van der Waals surface area contributed by atoms with Gasteiger partial charge in [-0.05, 0) is 24.5 Å². The van der Waals surface area contributed by atoms with Gasteiger partial charge in [0.2, 0.25) is 0 Å². The first-order valence-electron chi connectivity index (χ1n) is 7.79. The van der Waals surface area contributed by atoms with Gasteiger partial charge in [-0.2, -0.15) is 18.4 Å². The second kappa shape index (κ2) is 8.03. The minimum Gasteiger partial charge on any atom is -0.396 e. The molecule has 1 heterocycles. The number of hydrogen-bond donors (Lipinski definition) is 3. The molecule has 26 heavy (non-hydrogen) atoms. The molecule has 1 aromatic carbocycles. The lowest BCUT2D eigenvalue weighted by atomic mass is 9.98. The van der Waals surface area contributed by atoms with E-state index < -0.39 is 11.7 Å². The van der Waals surface area contributed by atoms with Crippen molar-refractivity contribution >= 4 is 11.4 Å². The van der Waals surface area contributed by atoms with Crippen LogP contribution in [-0.2, 0) is 12.6 Å². The van der Waals surface area contributed by atoms with Crippen LogP contribution in [0.4, 0.5) is 24.5 Å². The summed E-state index contributed by atoms with van der Waals surface area (Å²) >= 11 is 0. The number of benzene rings is 1. The van der Waals surface area contributed by atoms with Crippen molar-refractivity contribution in [2.45, 2.75) is 19.0 Å². The number of nitrogens with one attached hydrogen (secondary N) is 1. The summed E-state index contributed by atoms with van der Waals surface area (Å²) < 4.78 is 40.2. The number of aromatic nitrogens is 1. The Bertz CT molecular complexity index is 859. The van der Waals surface area contributed by atoms with Gasteiger partial charge in [-0.1, -0.05) is 12.1 Å². The van der Waals surface area contributed by atoms with E-state index in [4.69, 9.17) is 10.6 Å². The van der Waals surface area contributed by atoms with E-state index >= 15 is 0 Å². The number of nitrogens with two attached hydrogens (primary N) is 1. The first kappa shape index (κ1) is 19.5. The smallest absolute Gasteiger partial charge is 0.396 e. The Balaban J connectivity index is 2.62. The van der Waals surface area contributed by atoms with Gasteiger partial charge in [-0.25, -0.2) is 10.5 Å². The van der Waals surface area contributed by atoms with E-state index in [0.717, 1.165) is 6.07 Å². The van der Waals surface area contributed by atoms with Gasteiger partial charge in [0.25, 0.3) is 0 Å². The maximum absolute atomic E-state index is 13.4. The fourth-order valence-electron chi connectivity index (χ4n) is 2.61. The Morgan fingerprint density at radius 2 is 2.08 bits per heavy atom. The number of alkyl halides is 3. The Morgan fingerprint density at radius 3 is 2.62 bits per heavy atom. The summed E-state index contributed by atoms with van der Waals surface area (Å²) in [6.07, 6.45) is -4.21. The van der Waals surface area contributed by atoms with Gasteiger partial charge < -0.3 is 10.4 Å². The molecular formula is C17H17F3N5O+. The molecule has 0 aliphatic rings. The molecule has 0 spiro atoms. The monoisotopic (exact) mass is 364 g/mol. The number of hydrogen-bond acceptors (Lipinski definition) is 5. The number of rotatable bonds is 6. The number of aryl methyl sites for hydroxylation is 1. The highest BCUT2D eigenvalue weighted by Crippen LogP contribution is 2.36. The molecule has 2 aromatic rings. The molecule has 0 radical (unpaired) electrons. The zero-order valence-electron chi connectivity index (χ0n) is 13.9. The first-order valence-corrected chi connectivity index (χ1v) is 7.79. The summed E-state index contributed by atoms with van der Waals surface area (Å²) in [5.74, 6) is 0. The van der Waals surface area contributed by atoms with Crippen LogP contribution < -0.4 is 5.32 Å². The molecule has 136 valence electrons. The van der Waals surface area contributed by atoms with Crippen LogP contribution in [0.1, 0.15) is 23.2 Å². The third-order valence-corrected chi connectivity index (χ3v) is 3.87. The summed E-state index contributed by atoms with van der Waals surface area (Å²) in [5.41, 5.74) is 7.27. The molecule has 0 fully saturated rings. The lowest BCUT2D eigenvalue weighted by Gasteiger charge is -2.15. The average molecular weight is 364 g/mol. The fourth-order valence-corrected chi connectivity index (χ4v) is 2.61. The zero-order chi connectivity index (χ0) is 19.3. The molecule has 0 unspecified atom stereocenters. The van der Waals surface area contributed by atoms with Gasteiger partial charge in [0.15, 0.2) is 17.1 Å². The molecule has 2 rings (SSSR count). The highest BCUT2D eigenvalue weighted by Gasteiger charge is 2.33. The number of nitriles is 1. The Morgan fingerprint density at radius 1 is 1.35 bits per heavy atom. The molecule has 0 saturated heterocycles. The quantitative estimate of drug-likeness (QED) is 0.685. The Kier molecular flexibility index (Phi) is 6.02. The summed E-state index contributed by atoms with van der Waals surface area (Å²) in [6.45, 7) is -0.195. The minimum atomic E-state index is -4.55. The molecular weight excluding hydrogens is 347 g/mol. The van der Waals surface area contributed by atoms with Crippen molar-refractivity contribution in [1.82, 2.24) is 4.98 Å². The summed E-state index contributed by atoms with van der Waals surface area (Å²) in [4.78, 5) is 4.05. The van der Waals surface area contributed by atoms with Crippen molar-refractivity contribution in [3.8, 4) is 17.3 Å². The second-order valence-electron chi connectivity index (χ2n) is 5.50. The highest BCUT2D eigenvalue weighted by molar-refractivity contribution is 5.72. The lowest BCUT2D eigenvalue weighted by Crippen LogP contribution is -2.72. The third-order valence-electron chi connectivity index (χ3n) is 3.87. The molecule has 1 aromatic heterocycles. The number of aliphatic hydroxyl groups excluding tert-OH is 1. The van der Waals surface area contributed by atoms with E-state index in [9.17, 15) is 18.4 Å². The first-order chi connectivity index (χ1) is 12.3. The molecule has 0 amide bonds. The van der Waals surface area contributed by atoms with Crippen LogP contribution in [0.3, 0.4) is 0 Å². The zero-order valence-corrected chi connectivity index (χ0v) is 13.9. The Labute approximate surface area is 147 Å². The van der Waals surface area contributed by atoms with Gasteiger partial charge in [-0.3, -0.25) is 0 Å². The van der Waals surface area contributed by atoms with Crippen LogP contribution in [0.25, 0.3) is 11.3 Å². The molecule has 0 aliphatic heterocycles. The number of pyridine rings is 1. The van der Waals surface area contributed by atoms with Crippen molar-refractivity contribution < 1.29 is 23.6 Å². The van der Waals surface area contributed by atoms with E-state index in [-0.39, 0.29) is 47.7 Å². The predicted octanol–water partition coefficient (Wildman–Crippen LogP) is 3.05. The maximum Gasteiger partial charge on any atom is 0.416 e. The van der Waals surface area contributed by atoms with Crippen molar-refractivity contribution in [2.24, 2.45) is 5.11 Å². The van der Waals surface area contributed by atoms with Crippen LogP contribution in [0.15, 0.2) is 29.4 Å². The minimum absolute atomic E-state index is 0.0781. The summed E-state index contributed by atoms with van der Waals surface area (Å²) in [5, 5.41) is 23.0. The van der Waals surface area contributed by atoms with E-state index in [1.807, 2.05) is 6.07 Å². The van der Waals surface area contributed by atoms with Crippen LogP contribution in [0, 0.1) is 16.9 Å². The van der Waals surface area contributed by atoms with E-state index in [0.29, 0.717) is 5.69 Å². The predicted molar refractivity (Wildman–Crippen MR) is 87.1 cm³/mol. The van der Waals surface area contributed by atoms with Gasteiger partial charge in [-0.15, -0.1) is 5.11 Å². The molecule has 6 nitrogen and oxygen atoms in total. The summed E-state index contributed by atoms with van der Waals surface area (Å²) in [6, 6.07) is 7.17. The maximum atomic E-state index is 13.4.